The maximum absolute atomic E-state index is 11.9. The fourth-order valence-electron chi connectivity index (χ4n) is 1.16. The molecule has 0 aromatic heterocycles. The van der Waals surface area contributed by atoms with Crippen LogP contribution in [0.3, 0.4) is 0 Å². The summed E-state index contributed by atoms with van der Waals surface area (Å²) in [6.07, 6.45) is 0. The van der Waals surface area contributed by atoms with E-state index in [1.165, 1.54) is 12.1 Å². The van der Waals surface area contributed by atoms with Gasteiger partial charge in [-0.1, -0.05) is 17.7 Å². The number of carbonyl (C=O) groups is 1. The molecule has 1 aromatic carbocycles. The number of nitrogens with zero attached hydrogens (tertiary/aromatic N) is 1. The molecule has 0 saturated carbocycles. The summed E-state index contributed by atoms with van der Waals surface area (Å²) < 4.78 is 23.7. The van der Waals surface area contributed by atoms with Crippen LogP contribution < -0.4 is 0 Å². The summed E-state index contributed by atoms with van der Waals surface area (Å²) in [6, 6.07) is 6.45. The molecule has 0 amide bonds. The van der Waals surface area contributed by atoms with Crippen LogP contribution in [0.25, 0.3) is 0 Å². The molecule has 17 heavy (non-hydrogen) atoms. The number of hydrogen-bond acceptors (Lipinski definition) is 5. The van der Waals surface area contributed by atoms with Gasteiger partial charge in [0.1, 0.15) is 0 Å². The van der Waals surface area contributed by atoms with Crippen molar-refractivity contribution in [1.82, 2.24) is 4.90 Å². The first kappa shape index (κ1) is 14.2. The van der Waals surface area contributed by atoms with Crippen LogP contribution in [0.4, 0.5) is 0 Å². The SMILES string of the molecule is Cc1ccc(S(=O)(=O)SC(=O)CN(C)C)cc1. The molecule has 4 nitrogen and oxygen atoms in total. The molecule has 0 aliphatic heterocycles. The summed E-state index contributed by atoms with van der Waals surface area (Å²) in [7, 11) is 0.238. The molecule has 0 spiro atoms. The topological polar surface area (TPSA) is 54.5 Å². The van der Waals surface area contributed by atoms with E-state index in [2.05, 4.69) is 0 Å². The van der Waals surface area contributed by atoms with Crippen LogP contribution in [-0.4, -0.2) is 39.1 Å². The molecule has 0 radical (unpaired) electrons. The molecule has 0 bridgehead atoms. The second kappa shape index (κ2) is 5.66. The van der Waals surface area contributed by atoms with Gasteiger partial charge in [0.15, 0.2) is 0 Å². The van der Waals surface area contributed by atoms with Gasteiger partial charge in [0.2, 0.25) is 14.0 Å². The van der Waals surface area contributed by atoms with E-state index in [-0.39, 0.29) is 16.6 Å². The highest BCUT2D eigenvalue weighted by Crippen LogP contribution is 2.24. The summed E-state index contributed by atoms with van der Waals surface area (Å²) in [5.41, 5.74) is 0.980. The summed E-state index contributed by atoms with van der Waals surface area (Å²) >= 11 is 0. The monoisotopic (exact) mass is 273 g/mol. The zero-order valence-electron chi connectivity index (χ0n) is 10.0. The van der Waals surface area contributed by atoms with Crippen molar-refractivity contribution in [3.8, 4) is 0 Å². The zero-order chi connectivity index (χ0) is 13.1. The first-order valence-electron chi connectivity index (χ1n) is 5.00. The number of benzene rings is 1. The van der Waals surface area contributed by atoms with E-state index >= 15 is 0 Å². The lowest BCUT2D eigenvalue weighted by Crippen LogP contribution is -2.20. The van der Waals surface area contributed by atoms with Crippen molar-refractivity contribution in [3.05, 3.63) is 29.8 Å². The summed E-state index contributed by atoms with van der Waals surface area (Å²) in [5, 5.41) is -0.379. The molecule has 6 heteroatoms. The van der Waals surface area contributed by atoms with Crippen molar-refractivity contribution in [3.63, 3.8) is 0 Å². The molecular formula is C11H15NO3S2. The third-order valence-electron chi connectivity index (χ3n) is 1.96. The molecule has 0 saturated heterocycles. The molecular weight excluding hydrogens is 258 g/mol. The molecule has 0 fully saturated rings. The van der Waals surface area contributed by atoms with E-state index in [1.54, 1.807) is 31.1 Å². The van der Waals surface area contributed by atoms with Crippen molar-refractivity contribution in [2.75, 3.05) is 20.6 Å². The van der Waals surface area contributed by atoms with Gasteiger partial charge in [0.05, 0.1) is 11.4 Å². The average Bonchev–Trinajstić information content (AvgIpc) is 2.15. The lowest BCUT2D eigenvalue weighted by atomic mass is 10.2. The first-order chi connectivity index (χ1) is 7.81. The predicted octanol–water partition coefficient (Wildman–Crippen LogP) is 1.51. The average molecular weight is 273 g/mol. The highest BCUT2D eigenvalue weighted by Gasteiger charge is 2.20. The van der Waals surface area contributed by atoms with E-state index in [0.29, 0.717) is 10.8 Å². The lowest BCUT2D eigenvalue weighted by Gasteiger charge is -2.08. The third-order valence-corrected chi connectivity index (χ3v) is 5.13. The quantitative estimate of drug-likeness (QED) is 0.778. The van der Waals surface area contributed by atoms with Crippen molar-refractivity contribution in [2.45, 2.75) is 11.8 Å². The minimum absolute atomic E-state index is 0.107. The second-order valence-corrected chi connectivity index (χ2v) is 7.78. The number of carbonyl (C=O) groups excluding carboxylic acids is 1. The molecule has 0 aliphatic rings. The standard InChI is InChI=1S/C11H15NO3S2/c1-9-4-6-10(7-5-9)17(14,15)16-11(13)8-12(2)3/h4-7H,8H2,1-3H3. The van der Waals surface area contributed by atoms with Gasteiger partial charge in [-0.15, -0.1) is 0 Å². The van der Waals surface area contributed by atoms with Gasteiger partial charge in [0.25, 0.3) is 0 Å². The predicted molar refractivity (Wildman–Crippen MR) is 69.5 cm³/mol. The van der Waals surface area contributed by atoms with E-state index in [0.717, 1.165) is 5.56 Å². The van der Waals surface area contributed by atoms with Crippen LogP contribution in [0.5, 0.6) is 0 Å². The van der Waals surface area contributed by atoms with Gasteiger partial charge in [-0.3, -0.25) is 4.79 Å². The molecule has 0 atom stereocenters. The Morgan fingerprint density at radius 2 is 1.76 bits per heavy atom. The molecule has 0 unspecified atom stereocenters. The Labute approximate surface area is 105 Å². The van der Waals surface area contributed by atoms with E-state index in [9.17, 15) is 13.2 Å². The summed E-state index contributed by atoms with van der Waals surface area (Å²) in [5.74, 6) is 0. The smallest absolute Gasteiger partial charge is 0.237 e. The van der Waals surface area contributed by atoms with Crippen molar-refractivity contribution in [1.29, 1.82) is 0 Å². The minimum Gasteiger partial charge on any atom is -0.302 e. The largest absolute Gasteiger partial charge is 0.302 e. The number of likely N-dealkylation sites (N-methyl/N-ethyl adjacent to an activating group) is 1. The van der Waals surface area contributed by atoms with E-state index < -0.39 is 8.87 Å². The maximum Gasteiger partial charge on any atom is 0.237 e. The Morgan fingerprint density at radius 3 is 2.24 bits per heavy atom. The van der Waals surface area contributed by atoms with Crippen LogP contribution in [0.15, 0.2) is 29.2 Å². The Kier molecular flexibility index (Phi) is 4.73. The molecule has 1 rings (SSSR count). The van der Waals surface area contributed by atoms with Crippen LogP contribution in [-0.2, 0) is 13.7 Å². The van der Waals surface area contributed by atoms with Gasteiger partial charge in [0, 0.05) is 10.8 Å². The first-order valence-corrected chi connectivity index (χ1v) is 7.81. The van der Waals surface area contributed by atoms with Gasteiger partial charge < -0.3 is 4.90 Å². The Bertz CT molecular complexity index is 492. The Hall–Kier alpha value is -0.850. The van der Waals surface area contributed by atoms with Crippen LogP contribution in [0, 0.1) is 6.92 Å². The number of aryl methyl sites for hydroxylation is 1. The van der Waals surface area contributed by atoms with Crippen molar-refractivity contribution >= 4 is 24.8 Å². The van der Waals surface area contributed by atoms with E-state index in [4.69, 9.17) is 0 Å². The van der Waals surface area contributed by atoms with Gasteiger partial charge in [-0.05, 0) is 33.2 Å². The van der Waals surface area contributed by atoms with Gasteiger partial charge in [-0.25, -0.2) is 8.42 Å². The Balaban J connectivity index is 2.82. The molecule has 0 aliphatic carbocycles. The zero-order valence-corrected chi connectivity index (χ0v) is 11.6. The Morgan fingerprint density at radius 1 is 1.24 bits per heavy atom. The summed E-state index contributed by atoms with van der Waals surface area (Å²) in [6.45, 7) is 1.98. The van der Waals surface area contributed by atoms with Crippen LogP contribution in [0.2, 0.25) is 0 Å². The van der Waals surface area contributed by atoms with Crippen LogP contribution >= 0.6 is 10.8 Å². The second-order valence-electron chi connectivity index (χ2n) is 3.96. The normalized spacial score (nSPS) is 11.8. The van der Waals surface area contributed by atoms with Gasteiger partial charge in [-0.2, -0.15) is 0 Å². The van der Waals surface area contributed by atoms with E-state index in [1.807, 2.05) is 6.92 Å². The summed E-state index contributed by atoms with van der Waals surface area (Å²) in [4.78, 5) is 13.3. The molecule has 0 N–H and O–H groups in total. The fourth-order valence-corrected chi connectivity index (χ4v) is 3.80. The molecule has 0 heterocycles. The maximum atomic E-state index is 11.9. The fraction of sp³-hybridized carbons (Fsp3) is 0.364. The number of rotatable bonds is 4. The molecule has 94 valence electrons. The molecule has 1 aromatic rings. The van der Waals surface area contributed by atoms with Gasteiger partial charge >= 0.3 is 0 Å². The van der Waals surface area contributed by atoms with Crippen molar-refractivity contribution in [2.24, 2.45) is 0 Å². The number of hydrogen-bond donors (Lipinski definition) is 0. The minimum atomic E-state index is -3.58. The third kappa shape index (κ3) is 4.49. The highest BCUT2D eigenvalue weighted by molar-refractivity contribution is 8.77. The van der Waals surface area contributed by atoms with Crippen molar-refractivity contribution < 1.29 is 13.2 Å². The lowest BCUT2D eigenvalue weighted by molar-refractivity contribution is -0.111. The van der Waals surface area contributed by atoms with Crippen LogP contribution in [0.1, 0.15) is 5.56 Å². The highest BCUT2D eigenvalue weighted by atomic mass is 33.1.